The van der Waals surface area contributed by atoms with Crippen molar-refractivity contribution in [2.75, 3.05) is 25.9 Å². The van der Waals surface area contributed by atoms with Gasteiger partial charge in [0.1, 0.15) is 28.5 Å². The fraction of sp³-hybridized carbons (Fsp3) is 0.419. The van der Waals surface area contributed by atoms with E-state index in [0.29, 0.717) is 25.6 Å². The molecule has 4 nitrogen and oxygen atoms in total. The molecule has 0 saturated carbocycles. The van der Waals surface area contributed by atoms with E-state index in [1.54, 1.807) is 0 Å². The molecule has 0 amide bonds. The zero-order chi connectivity index (χ0) is 26.8. The normalized spacial score (nSPS) is 13.6. The molecule has 1 unspecified atom stereocenters. The van der Waals surface area contributed by atoms with Gasteiger partial charge in [-0.3, -0.25) is 4.57 Å². The first-order valence-corrected chi connectivity index (χ1v) is 17.0. The number of halogens is 1. The molecule has 0 spiro atoms. The van der Waals surface area contributed by atoms with Gasteiger partial charge in [0.15, 0.2) is 0 Å². The average Bonchev–Trinajstić information content (AvgIpc) is 2.92. The Morgan fingerprint density at radius 3 is 1.53 bits per heavy atom. The van der Waals surface area contributed by atoms with E-state index in [-0.39, 0.29) is 17.0 Å². The zero-order valence-corrected chi connectivity index (χ0v) is 26.9. The summed E-state index contributed by atoms with van der Waals surface area (Å²) >= 11 is 0. The molecular formula is C31H44BrNO3P2. The summed E-state index contributed by atoms with van der Waals surface area (Å²) in [5, 5.41) is 6.92. The summed E-state index contributed by atoms with van der Waals surface area (Å²) in [6.45, 7) is 11.6. The van der Waals surface area contributed by atoms with Crippen LogP contribution in [0.25, 0.3) is 0 Å². The Morgan fingerprint density at radius 2 is 1.18 bits per heavy atom. The van der Waals surface area contributed by atoms with Gasteiger partial charge in [-0.05, 0) is 82.5 Å². The lowest BCUT2D eigenvalue weighted by atomic mass is 10.1. The molecule has 0 aromatic heterocycles. The van der Waals surface area contributed by atoms with Crippen LogP contribution >= 0.6 is 14.9 Å². The van der Waals surface area contributed by atoms with Crippen molar-refractivity contribution < 1.29 is 30.6 Å². The highest BCUT2D eigenvalue weighted by Crippen LogP contribution is 2.62. The standard InChI is InChI=1S/C31H44NO3P2.BrH/c1-6-34-37(33,35-7-2)31(5,32-26-27(3)4)24-17-25-36(28-18-11-8-12-19-28,29-20-13-9-14-21-29)30-22-15-10-16-23-30;/h8-16,18-23,27,32H,6-7,17,24-26H2,1-5H3;1H/q+1;/p-1. The topological polar surface area (TPSA) is 47.6 Å². The van der Waals surface area contributed by atoms with Gasteiger partial charge in [0.05, 0.1) is 19.4 Å². The minimum absolute atomic E-state index is 0. The SMILES string of the molecule is CCOP(=O)(OCC)C(C)(CCC[P+](c1ccccc1)(c1ccccc1)c1ccccc1)NCC(C)C.[Br-]. The minimum atomic E-state index is -3.39. The number of hydrogen-bond donors (Lipinski definition) is 1. The van der Waals surface area contributed by atoms with Gasteiger partial charge in [-0.1, -0.05) is 68.4 Å². The minimum Gasteiger partial charge on any atom is -1.00 e. The van der Waals surface area contributed by atoms with E-state index in [0.717, 1.165) is 19.1 Å². The smallest absolute Gasteiger partial charge is 0.350 e. The second-order valence-electron chi connectivity index (χ2n) is 10.0. The van der Waals surface area contributed by atoms with Crippen LogP contribution in [0.3, 0.4) is 0 Å². The highest BCUT2D eigenvalue weighted by molar-refractivity contribution is 7.95. The largest absolute Gasteiger partial charge is 1.00 e. The summed E-state index contributed by atoms with van der Waals surface area (Å²) in [4.78, 5) is 0. The number of rotatable bonds is 15. The summed E-state index contributed by atoms with van der Waals surface area (Å²) < 4.78 is 25.9. The van der Waals surface area contributed by atoms with Gasteiger partial charge in [-0.15, -0.1) is 0 Å². The third-order valence-electron chi connectivity index (χ3n) is 6.84. The van der Waals surface area contributed by atoms with E-state index < -0.39 is 20.1 Å². The summed E-state index contributed by atoms with van der Waals surface area (Å²) in [6, 6.07) is 32.7. The molecule has 1 N–H and O–H groups in total. The van der Waals surface area contributed by atoms with Crippen molar-refractivity contribution >= 4 is 30.8 Å². The van der Waals surface area contributed by atoms with Crippen molar-refractivity contribution in [2.45, 2.75) is 52.7 Å². The van der Waals surface area contributed by atoms with Crippen LogP contribution in [0.5, 0.6) is 0 Å². The molecule has 3 aromatic carbocycles. The van der Waals surface area contributed by atoms with E-state index in [4.69, 9.17) is 9.05 Å². The first-order valence-electron chi connectivity index (χ1n) is 13.5. The molecule has 3 rings (SSSR count). The zero-order valence-electron chi connectivity index (χ0n) is 23.5. The van der Waals surface area contributed by atoms with Crippen LogP contribution in [0.15, 0.2) is 91.0 Å². The maximum Gasteiger partial charge on any atom is 0.350 e. The molecule has 0 saturated heterocycles. The van der Waals surface area contributed by atoms with Gasteiger partial charge in [0, 0.05) is 0 Å². The van der Waals surface area contributed by atoms with Gasteiger partial charge in [0.2, 0.25) is 0 Å². The third kappa shape index (κ3) is 7.66. The quantitative estimate of drug-likeness (QED) is 0.261. The van der Waals surface area contributed by atoms with E-state index in [1.807, 2.05) is 20.8 Å². The van der Waals surface area contributed by atoms with Crippen molar-refractivity contribution in [3.8, 4) is 0 Å². The second-order valence-corrected chi connectivity index (χ2v) is 16.1. The molecular weight excluding hydrogens is 576 g/mol. The van der Waals surface area contributed by atoms with Crippen LogP contribution in [0, 0.1) is 5.92 Å². The Balaban J connectivity index is 0.00000507. The number of nitrogens with one attached hydrogen (secondary N) is 1. The second kappa shape index (κ2) is 15.5. The predicted molar refractivity (Wildman–Crippen MR) is 161 cm³/mol. The Morgan fingerprint density at radius 1 is 0.789 bits per heavy atom. The highest BCUT2D eigenvalue weighted by Gasteiger charge is 2.49. The summed E-state index contributed by atoms with van der Waals surface area (Å²) in [6.07, 6.45) is 2.52. The van der Waals surface area contributed by atoms with Crippen molar-refractivity contribution in [3.05, 3.63) is 91.0 Å². The van der Waals surface area contributed by atoms with Crippen molar-refractivity contribution in [1.82, 2.24) is 5.32 Å². The average molecular weight is 621 g/mol. The fourth-order valence-corrected chi connectivity index (χ4v) is 11.3. The summed E-state index contributed by atoms with van der Waals surface area (Å²) in [5.41, 5.74) is 0. The fourth-order valence-electron chi connectivity index (χ4n) is 4.95. The third-order valence-corrected chi connectivity index (χ3v) is 14.2. The number of hydrogen-bond acceptors (Lipinski definition) is 4. The van der Waals surface area contributed by atoms with E-state index >= 15 is 0 Å². The molecule has 7 heteroatoms. The van der Waals surface area contributed by atoms with E-state index in [9.17, 15) is 4.57 Å². The van der Waals surface area contributed by atoms with E-state index in [1.165, 1.54) is 15.9 Å². The Bertz CT molecular complexity index is 1010. The maximum absolute atomic E-state index is 14.1. The van der Waals surface area contributed by atoms with Crippen LogP contribution < -0.4 is 38.2 Å². The molecule has 0 bridgehead atoms. The van der Waals surface area contributed by atoms with Crippen LogP contribution in [-0.2, 0) is 13.6 Å². The van der Waals surface area contributed by atoms with Crippen LogP contribution in [-0.4, -0.2) is 31.2 Å². The first kappa shape index (κ1) is 32.9. The predicted octanol–water partition coefficient (Wildman–Crippen LogP) is 3.99. The van der Waals surface area contributed by atoms with Crippen molar-refractivity contribution in [2.24, 2.45) is 5.92 Å². The van der Waals surface area contributed by atoms with Crippen LogP contribution in [0.1, 0.15) is 47.5 Å². The molecule has 1 atom stereocenters. The van der Waals surface area contributed by atoms with Gasteiger partial charge < -0.3 is 31.3 Å². The van der Waals surface area contributed by atoms with Gasteiger partial charge in [-0.25, -0.2) is 0 Å². The Labute approximate surface area is 241 Å². The van der Waals surface area contributed by atoms with E-state index in [2.05, 4.69) is 110 Å². The molecule has 38 heavy (non-hydrogen) atoms. The monoisotopic (exact) mass is 619 g/mol. The molecule has 0 radical (unpaired) electrons. The molecule has 3 aromatic rings. The van der Waals surface area contributed by atoms with Gasteiger partial charge in [-0.2, -0.15) is 0 Å². The van der Waals surface area contributed by atoms with Crippen molar-refractivity contribution in [1.29, 1.82) is 0 Å². The van der Waals surface area contributed by atoms with Gasteiger partial charge in [0.25, 0.3) is 0 Å². The summed E-state index contributed by atoms with van der Waals surface area (Å²) in [5.74, 6) is 0.417. The molecule has 0 heterocycles. The number of benzene rings is 3. The Hall–Kier alpha value is -1.32. The molecule has 208 valence electrons. The lowest BCUT2D eigenvalue weighted by Gasteiger charge is -2.38. The lowest BCUT2D eigenvalue weighted by molar-refractivity contribution is -0.0000123. The van der Waals surface area contributed by atoms with Crippen molar-refractivity contribution in [3.63, 3.8) is 0 Å². The first-order chi connectivity index (χ1) is 17.8. The molecule has 0 aliphatic heterocycles. The van der Waals surface area contributed by atoms with Crippen LogP contribution in [0.2, 0.25) is 0 Å². The molecule has 0 aliphatic carbocycles. The highest BCUT2D eigenvalue weighted by atomic mass is 79.9. The Kier molecular flexibility index (Phi) is 13.4. The summed E-state index contributed by atoms with van der Waals surface area (Å²) in [7, 11) is -5.35. The molecule has 0 fully saturated rings. The lowest BCUT2D eigenvalue weighted by Crippen LogP contribution is -3.00. The van der Waals surface area contributed by atoms with Crippen LogP contribution in [0.4, 0.5) is 0 Å². The maximum atomic E-state index is 14.1. The van der Waals surface area contributed by atoms with Gasteiger partial charge >= 0.3 is 7.60 Å². The molecule has 0 aliphatic rings.